The molecular weight excluding hydrogens is 273 g/mol. The van der Waals surface area contributed by atoms with Crippen LogP contribution in [0.4, 0.5) is 4.39 Å². The predicted molar refractivity (Wildman–Crippen MR) is 61.8 cm³/mol. The minimum atomic E-state index is -0.385. The molecule has 0 aliphatic carbocycles. The zero-order valence-corrected chi connectivity index (χ0v) is 9.74. The molecule has 0 saturated carbocycles. The first-order valence-electron chi connectivity index (χ1n) is 4.59. The van der Waals surface area contributed by atoms with Gasteiger partial charge in [-0.25, -0.2) is 4.39 Å². The maximum Gasteiger partial charge on any atom is 0.212 e. The molecule has 0 fully saturated rings. The van der Waals surface area contributed by atoms with E-state index in [1.54, 1.807) is 24.4 Å². The minimum absolute atomic E-state index is 0.229. The molecule has 80 valence electrons. The van der Waals surface area contributed by atoms with Gasteiger partial charge in [-0.2, -0.15) is 0 Å². The number of carbonyl (C=O) groups is 1. The Labute approximate surface area is 100 Å². The van der Waals surface area contributed by atoms with Gasteiger partial charge in [0.05, 0.1) is 0 Å². The lowest BCUT2D eigenvalue weighted by atomic mass is 10.1. The smallest absolute Gasteiger partial charge is 0.212 e. The Bertz CT molecular complexity index is 528. The SMILES string of the molecule is O=C(c1ccccn1)c1ccc(F)cc1Br. The van der Waals surface area contributed by atoms with Crippen molar-refractivity contribution in [3.05, 3.63) is 64.1 Å². The maximum absolute atomic E-state index is 12.9. The van der Waals surface area contributed by atoms with Crippen molar-refractivity contribution in [3.8, 4) is 0 Å². The molecule has 0 spiro atoms. The third-order valence-electron chi connectivity index (χ3n) is 2.07. The molecule has 0 N–H and O–H groups in total. The fourth-order valence-corrected chi connectivity index (χ4v) is 1.84. The number of hydrogen-bond donors (Lipinski definition) is 0. The van der Waals surface area contributed by atoms with Gasteiger partial charge in [0.2, 0.25) is 5.78 Å². The standard InChI is InChI=1S/C12H7BrFNO/c13-10-7-8(14)4-5-9(10)12(16)11-3-1-2-6-15-11/h1-7H. The van der Waals surface area contributed by atoms with Gasteiger partial charge in [0.25, 0.3) is 0 Å². The fraction of sp³-hybridized carbons (Fsp3) is 0. The Morgan fingerprint density at radius 3 is 2.69 bits per heavy atom. The zero-order valence-electron chi connectivity index (χ0n) is 8.15. The fourth-order valence-electron chi connectivity index (χ4n) is 1.31. The van der Waals surface area contributed by atoms with Crippen LogP contribution in [-0.4, -0.2) is 10.8 Å². The highest BCUT2D eigenvalue weighted by atomic mass is 79.9. The topological polar surface area (TPSA) is 30.0 Å². The van der Waals surface area contributed by atoms with E-state index in [1.165, 1.54) is 18.2 Å². The normalized spacial score (nSPS) is 10.1. The molecular formula is C12H7BrFNO. The molecule has 0 bridgehead atoms. The molecule has 2 rings (SSSR count). The molecule has 0 saturated heterocycles. The maximum atomic E-state index is 12.9. The highest BCUT2D eigenvalue weighted by Gasteiger charge is 2.13. The Morgan fingerprint density at radius 1 is 1.25 bits per heavy atom. The highest BCUT2D eigenvalue weighted by molar-refractivity contribution is 9.10. The third-order valence-corrected chi connectivity index (χ3v) is 2.73. The van der Waals surface area contributed by atoms with E-state index in [0.717, 1.165) is 0 Å². The monoisotopic (exact) mass is 279 g/mol. The van der Waals surface area contributed by atoms with Gasteiger partial charge < -0.3 is 0 Å². The number of carbonyl (C=O) groups excluding carboxylic acids is 1. The number of hydrogen-bond acceptors (Lipinski definition) is 2. The largest absolute Gasteiger partial charge is 0.287 e. The predicted octanol–water partition coefficient (Wildman–Crippen LogP) is 3.21. The van der Waals surface area contributed by atoms with Crippen molar-refractivity contribution in [2.24, 2.45) is 0 Å². The van der Waals surface area contributed by atoms with Gasteiger partial charge in [0.15, 0.2) is 0 Å². The van der Waals surface area contributed by atoms with Crippen LogP contribution in [0.5, 0.6) is 0 Å². The van der Waals surface area contributed by atoms with Crippen LogP contribution in [0.15, 0.2) is 47.1 Å². The Balaban J connectivity index is 2.42. The summed E-state index contributed by atoms with van der Waals surface area (Å²) in [5.41, 5.74) is 0.745. The van der Waals surface area contributed by atoms with Crippen LogP contribution >= 0.6 is 15.9 Å². The van der Waals surface area contributed by atoms with Crippen LogP contribution in [-0.2, 0) is 0 Å². The van der Waals surface area contributed by atoms with Crippen molar-refractivity contribution >= 4 is 21.7 Å². The summed E-state index contributed by atoms with van der Waals surface area (Å²) in [5, 5.41) is 0. The van der Waals surface area contributed by atoms with Crippen molar-refractivity contribution < 1.29 is 9.18 Å². The van der Waals surface area contributed by atoms with Gasteiger partial charge >= 0.3 is 0 Å². The summed E-state index contributed by atoms with van der Waals surface area (Å²) in [4.78, 5) is 15.9. The van der Waals surface area contributed by atoms with Crippen LogP contribution in [0.1, 0.15) is 16.1 Å². The summed E-state index contributed by atoms with van der Waals surface area (Å²) in [5.74, 6) is -0.614. The third kappa shape index (κ3) is 2.17. The second kappa shape index (κ2) is 4.53. The van der Waals surface area contributed by atoms with Crippen molar-refractivity contribution in [3.63, 3.8) is 0 Å². The molecule has 2 nitrogen and oxygen atoms in total. The molecule has 0 unspecified atom stereocenters. The molecule has 1 aromatic heterocycles. The van der Waals surface area contributed by atoms with Gasteiger partial charge in [-0.3, -0.25) is 9.78 Å². The molecule has 16 heavy (non-hydrogen) atoms. The lowest BCUT2D eigenvalue weighted by molar-refractivity contribution is 0.103. The number of rotatable bonds is 2. The average molecular weight is 280 g/mol. The van der Waals surface area contributed by atoms with E-state index in [-0.39, 0.29) is 11.6 Å². The van der Waals surface area contributed by atoms with Crippen LogP contribution in [0.25, 0.3) is 0 Å². The molecule has 0 radical (unpaired) electrons. The van der Waals surface area contributed by atoms with Crippen molar-refractivity contribution in [2.75, 3.05) is 0 Å². The van der Waals surface area contributed by atoms with Crippen LogP contribution in [0.3, 0.4) is 0 Å². The second-order valence-electron chi connectivity index (χ2n) is 3.17. The summed E-state index contributed by atoms with van der Waals surface area (Å²) >= 11 is 3.16. The summed E-state index contributed by atoms with van der Waals surface area (Å²) in [6, 6.07) is 9.04. The van der Waals surface area contributed by atoms with E-state index in [1.807, 2.05) is 0 Å². The van der Waals surface area contributed by atoms with E-state index < -0.39 is 0 Å². The number of nitrogens with zero attached hydrogens (tertiary/aromatic N) is 1. The quantitative estimate of drug-likeness (QED) is 0.790. The lowest BCUT2D eigenvalue weighted by Gasteiger charge is -2.02. The molecule has 2 aromatic rings. The van der Waals surface area contributed by atoms with E-state index in [4.69, 9.17) is 0 Å². The van der Waals surface area contributed by atoms with Gasteiger partial charge in [-0.1, -0.05) is 6.07 Å². The highest BCUT2D eigenvalue weighted by Crippen LogP contribution is 2.20. The summed E-state index contributed by atoms with van der Waals surface area (Å²) in [6.07, 6.45) is 1.55. The van der Waals surface area contributed by atoms with Gasteiger partial charge in [-0.05, 0) is 46.3 Å². The Kier molecular flexibility index (Phi) is 3.10. The van der Waals surface area contributed by atoms with E-state index in [0.29, 0.717) is 15.7 Å². The first-order valence-corrected chi connectivity index (χ1v) is 5.38. The summed E-state index contributed by atoms with van der Waals surface area (Å²) in [7, 11) is 0. The molecule has 0 amide bonds. The molecule has 0 aliphatic rings. The lowest BCUT2D eigenvalue weighted by Crippen LogP contribution is -2.04. The van der Waals surface area contributed by atoms with Crippen LogP contribution in [0, 0.1) is 5.82 Å². The minimum Gasteiger partial charge on any atom is -0.287 e. The first-order chi connectivity index (χ1) is 7.68. The molecule has 0 aliphatic heterocycles. The first kappa shape index (κ1) is 11.0. The summed E-state index contributed by atoms with van der Waals surface area (Å²) < 4.78 is 13.3. The Hall–Kier alpha value is -1.55. The second-order valence-corrected chi connectivity index (χ2v) is 4.02. The Morgan fingerprint density at radius 2 is 2.06 bits per heavy atom. The van der Waals surface area contributed by atoms with Crippen molar-refractivity contribution in [2.45, 2.75) is 0 Å². The van der Waals surface area contributed by atoms with E-state index in [9.17, 15) is 9.18 Å². The zero-order chi connectivity index (χ0) is 11.5. The summed E-state index contributed by atoms with van der Waals surface area (Å²) in [6.45, 7) is 0. The number of pyridine rings is 1. The van der Waals surface area contributed by atoms with E-state index in [2.05, 4.69) is 20.9 Å². The number of ketones is 1. The number of halogens is 2. The van der Waals surface area contributed by atoms with E-state index >= 15 is 0 Å². The van der Waals surface area contributed by atoms with Gasteiger partial charge in [0.1, 0.15) is 11.5 Å². The molecule has 4 heteroatoms. The number of aromatic nitrogens is 1. The molecule has 1 aromatic carbocycles. The van der Waals surface area contributed by atoms with Crippen LogP contribution in [0.2, 0.25) is 0 Å². The molecule has 1 heterocycles. The van der Waals surface area contributed by atoms with Crippen molar-refractivity contribution in [1.29, 1.82) is 0 Å². The van der Waals surface area contributed by atoms with Gasteiger partial charge in [0, 0.05) is 16.2 Å². The average Bonchev–Trinajstić information content (AvgIpc) is 2.29. The van der Waals surface area contributed by atoms with Crippen molar-refractivity contribution in [1.82, 2.24) is 4.98 Å². The molecule has 0 atom stereocenters. The van der Waals surface area contributed by atoms with Crippen LogP contribution < -0.4 is 0 Å². The number of benzene rings is 1. The van der Waals surface area contributed by atoms with Gasteiger partial charge in [-0.15, -0.1) is 0 Å².